The van der Waals surface area contributed by atoms with E-state index in [2.05, 4.69) is 29.6 Å². The molecule has 2 atom stereocenters. The number of nitrogens with one attached hydrogen (secondary N) is 1. The first kappa shape index (κ1) is 14.8. The first-order valence-electron chi connectivity index (χ1n) is 7.27. The van der Waals surface area contributed by atoms with Gasteiger partial charge in [0.2, 0.25) is 0 Å². The van der Waals surface area contributed by atoms with Crippen LogP contribution in [0.2, 0.25) is 0 Å². The molecule has 2 heteroatoms. The zero-order chi connectivity index (χ0) is 14.2. The number of hydrogen-bond donors (Lipinski definition) is 2. The van der Waals surface area contributed by atoms with Crippen molar-refractivity contribution < 1.29 is 5.11 Å². The number of hydrogen-bond acceptors (Lipinski definition) is 2. The number of aliphatic hydroxyl groups is 1. The standard InChI is InChI=1S/C18H23NO/c1-15(18(20)17-12-6-3-7-13-17)19-14-8-11-16-9-4-2-5-10-16/h2-7,9-10,12-13,15,18-20H,8,11,14H2,1H3/t15-,18-/m0/s1. The molecule has 2 aromatic carbocycles. The van der Waals surface area contributed by atoms with Crippen molar-refractivity contribution in [2.24, 2.45) is 0 Å². The van der Waals surface area contributed by atoms with E-state index in [0.717, 1.165) is 24.9 Å². The summed E-state index contributed by atoms with van der Waals surface area (Å²) in [5.74, 6) is 0. The van der Waals surface area contributed by atoms with Crippen LogP contribution in [0.4, 0.5) is 0 Å². The minimum absolute atomic E-state index is 0.0631. The third-order valence-corrected chi connectivity index (χ3v) is 3.57. The van der Waals surface area contributed by atoms with Gasteiger partial charge in [-0.1, -0.05) is 60.7 Å². The Morgan fingerprint density at radius 3 is 2.20 bits per heavy atom. The van der Waals surface area contributed by atoms with E-state index in [1.54, 1.807) is 0 Å². The third-order valence-electron chi connectivity index (χ3n) is 3.57. The Kier molecular flexibility index (Phi) is 5.78. The molecule has 0 heterocycles. The first-order valence-corrected chi connectivity index (χ1v) is 7.27. The molecule has 0 fully saturated rings. The fourth-order valence-electron chi connectivity index (χ4n) is 2.32. The molecule has 0 radical (unpaired) electrons. The molecule has 2 nitrogen and oxygen atoms in total. The van der Waals surface area contributed by atoms with Gasteiger partial charge in [0.15, 0.2) is 0 Å². The molecule has 2 aromatic rings. The van der Waals surface area contributed by atoms with Gasteiger partial charge in [0.25, 0.3) is 0 Å². The van der Waals surface area contributed by atoms with Crippen molar-refractivity contribution in [2.45, 2.75) is 31.9 Å². The molecule has 0 aliphatic rings. The van der Waals surface area contributed by atoms with Gasteiger partial charge in [0.05, 0.1) is 6.10 Å². The molecule has 106 valence electrons. The third kappa shape index (κ3) is 4.48. The molecule has 0 amide bonds. The molecule has 0 spiro atoms. The summed E-state index contributed by atoms with van der Waals surface area (Å²) in [6.07, 6.45) is 1.70. The first-order chi connectivity index (χ1) is 9.77. The predicted octanol–water partition coefficient (Wildman–Crippen LogP) is 3.33. The number of aliphatic hydroxyl groups excluding tert-OH is 1. The van der Waals surface area contributed by atoms with Crippen molar-refractivity contribution in [3.63, 3.8) is 0 Å². The zero-order valence-corrected chi connectivity index (χ0v) is 12.0. The van der Waals surface area contributed by atoms with Gasteiger partial charge >= 0.3 is 0 Å². The topological polar surface area (TPSA) is 32.3 Å². The molecule has 0 saturated carbocycles. The Morgan fingerprint density at radius 1 is 0.950 bits per heavy atom. The maximum Gasteiger partial charge on any atom is 0.0940 e. The van der Waals surface area contributed by atoms with E-state index in [1.165, 1.54) is 5.56 Å². The normalized spacial score (nSPS) is 13.9. The van der Waals surface area contributed by atoms with E-state index in [-0.39, 0.29) is 6.04 Å². The van der Waals surface area contributed by atoms with E-state index in [0.29, 0.717) is 0 Å². The highest BCUT2D eigenvalue weighted by Gasteiger charge is 2.14. The summed E-state index contributed by atoms with van der Waals surface area (Å²) in [5.41, 5.74) is 2.33. The second-order valence-electron chi connectivity index (χ2n) is 5.19. The van der Waals surface area contributed by atoms with Crippen molar-refractivity contribution in [3.05, 3.63) is 71.8 Å². The number of rotatable bonds is 7. The molecule has 0 aromatic heterocycles. The summed E-state index contributed by atoms with van der Waals surface area (Å²) >= 11 is 0. The van der Waals surface area contributed by atoms with Crippen molar-refractivity contribution in [1.29, 1.82) is 0 Å². The average molecular weight is 269 g/mol. The van der Waals surface area contributed by atoms with Gasteiger partial charge in [-0.2, -0.15) is 0 Å². The van der Waals surface area contributed by atoms with Gasteiger partial charge in [0, 0.05) is 6.04 Å². The molecular weight excluding hydrogens is 246 g/mol. The lowest BCUT2D eigenvalue weighted by molar-refractivity contribution is 0.136. The maximum absolute atomic E-state index is 10.2. The Bertz CT molecular complexity index is 483. The van der Waals surface area contributed by atoms with E-state index in [9.17, 15) is 5.11 Å². The van der Waals surface area contributed by atoms with Gasteiger partial charge < -0.3 is 10.4 Å². The van der Waals surface area contributed by atoms with Gasteiger partial charge in [-0.25, -0.2) is 0 Å². The Hall–Kier alpha value is -1.64. The molecule has 2 rings (SSSR count). The fraction of sp³-hybridized carbons (Fsp3) is 0.333. The summed E-state index contributed by atoms with van der Waals surface area (Å²) in [7, 11) is 0. The number of aryl methyl sites for hydroxylation is 1. The van der Waals surface area contributed by atoms with Gasteiger partial charge in [-0.3, -0.25) is 0 Å². The van der Waals surface area contributed by atoms with Crippen LogP contribution in [0.1, 0.15) is 30.6 Å². The maximum atomic E-state index is 10.2. The van der Waals surface area contributed by atoms with Crippen LogP contribution in [0, 0.1) is 0 Å². The summed E-state index contributed by atoms with van der Waals surface area (Å²) in [6, 6.07) is 20.4. The van der Waals surface area contributed by atoms with Crippen LogP contribution in [0.25, 0.3) is 0 Å². The van der Waals surface area contributed by atoms with Crippen molar-refractivity contribution in [3.8, 4) is 0 Å². The lowest BCUT2D eigenvalue weighted by Crippen LogP contribution is -2.33. The monoisotopic (exact) mass is 269 g/mol. The van der Waals surface area contributed by atoms with E-state index in [4.69, 9.17) is 0 Å². The summed E-state index contributed by atoms with van der Waals surface area (Å²) < 4.78 is 0. The Morgan fingerprint density at radius 2 is 1.55 bits per heavy atom. The quantitative estimate of drug-likeness (QED) is 0.756. The Labute approximate surface area is 121 Å². The summed E-state index contributed by atoms with van der Waals surface area (Å²) in [6.45, 7) is 2.94. The van der Waals surface area contributed by atoms with Crippen LogP contribution < -0.4 is 5.32 Å². The van der Waals surface area contributed by atoms with E-state index >= 15 is 0 Å². The highest BCUT2D eigenvalue weighted by molar-refractivity contribution is 5.18. The molecule has 0 bridgehead atoms. The molecule has 0 unspecified atom stereocenters. The highest BCUT2D eigenvalue weighted by Crippen LogP contribution is 2.15. The van der Waals surface area contributed by atoms with Crippen LogP contribution in [-0.4, -0.2) is 17.7 Å². The zero-order valence-electron chi connectivity index (χ0n) is 12.0. The predicted molar refractivity (Wildman–Crippen MR) is 83.6 cm³/mol. The van der Waals surface area contributed by atoms with Crippen LogP contribution in [0.5, 0.6) is 0 Å². The highest BCUT2D eigenvalue weighted by atomic mass is 16.3. The van der Waals surface area contributed by atoms with Crippen LogP contribution >= 0.6 is 0 Å². The minimum Gasteiger partial charge on any atom is -0.387 e. The molecule has 0 aliphatic heterocycles. The second-order valence-corrected chi connectivity index (χ2v) is 5.19. The number of benzene rings is 2. The summed E-state index contributed by atoms with van der Waals surface area (Å²) in [4.78, 5) is 0. The average Bonchev–Trinajstić information content (AvgIpc) is 2.52. The fourth-order valence-corrected chi connectivity index (χ4v) is 2.32. The van der Waals surface area contributed by atoms with E-state index < -0.39 is 6.10 Å². The van der Waals surface area contributed by atoms with Gasteiger partial charge in [-0.15, -0.1) is 0 Å². The van der Waals surface area contributed by atoms with Gasteiger partial charge in [-0.05, 0) is 37.4 Å². The largest absolute Gasteiger partial charge is 0.387 e. The van der Waals surface area contributed by atoms with Crippen LogP contribution in [-0.2, 0) is 6.42 Å². The van der Waals surface area contributed by atoms with Gasteiger partial charge in [0.1, 0.15) is 0 Å². The van der Waals surface area contributed by atoms with Crippen molar-refractivity contribution >= 4 is 0 Å². The lowest BCUT2D eigenvalue weighted by atomic mass is 10.0. The molecule has 20 heavy (non-hydrogen) atoms. The lowest BCUT2D eigenvalue weighted by Gasteiger charge is -2.20. The van der Waals surface area contributed by atoms with Crippen molar-refractivity contribution in [1.82, 2.24) is 5.32 Å². The SMILES string of the molecule is C[C@H](NCCCc1ccccc1)[C@H](O)c1ccccc1. The smallest absolute Gasteiger partial charge is 0.0940 e. The van der Waals surface area contributed by atoms with Crippen LogP contribution in [0.15, 0.2) is 60.7 Å². The molecular formula is C18H23NO. The molecule has 2 N–H and O–H groups in total. The Balaban J connectivity index is 1.71. The van der Waals surface area contributed by atoms with E-state index in [1.807, 2.05) is 43.3 Å². The van der Waals surface area contributed by atoms with Crippen molar-refractivity contribution in [2.75, 3.05) is 6.54 Å². The summed E-state index contributed by atoms with van der Waals surface area (Å²) in [5, 5.41) is 13.6. The second kappa shape index (κ2) is 7.83. The molecule has 0 aliphatic carbocycles. The van der Waals surface area contributed by atoms with Crippen LogP contribution in [0.3, 0.4) is 0 Å². The minimum atomic E-state index is -0.451. The molecule has 0 saturated heterocycles.